The molecule has 2 aromatic carbocycles. The van der Waals surface area contributed by atoms with Gasteiger partial charge in [0.2, 0.25) is 0 Å². The zero-order valence-corrected chi connectivity index (χ0v) is 12.0. The maximum atomic E-state index is 9.32. The molecule has 0 heterocycles. The number of halogens is 2. The average molecular weight is 327 g/mol. The molecule has 0 aliphatic heterocycles. The standard InChI is InChI=1S/C14H13BrClNO/c15-12-3-1-2-10(6-12)8-17-9-11-4-5-14(18)13(16)7-11/h1-7,17-18H,8-9H2. The van der Waals surface area contributed by atoms with Crippen LogP contribution in [-0.2, 0) is 13.1 Å². The van der Waals surface area contributed by atoms with E-state index in [0.29, 0.717) is 11.6 Å². The van der Waals surface area contributed by atoms with Gasteiger partial charge in [0.25, 0.3) is 0 Å². The zero-order valence-electron chi connectivity index (χ0n) is 9.66. The summed E-state index contributed by atoms with van der Waals surface area (Å²) in [5.41, 5.74) is 2.27. The van der Waals surface area contributed by atoms with E-state index in [0.717, 1.165) is 16.6 Å². The van der Waals surface area contributed by atoms with Gasteiger partial charge < -0.3 is 10.4 Å². The quantitative estimate of drug-likeness (QED) is 0.886. The normalized spacial score (nSPS) is 10.6. The molecule has 2 N–H and O–H groups in total. The van der Waals surface area contributed by atoms with Crippen LogP contribution in [-0.4, -0.2) is 5.11 Å². The number of hydrogen-bond donors (Lipinski definition) is 2. The summed E-state index contributed by atoms with van der Waals surface area (Å²) >= 11 is 9.29. The summed E-state index contributed by atoms with van der Waals surface area (Å²) in [5, 5.41) is 13.0. The Labute approximate surface area is 120 Å². The lowest BCUT2D eigenvalue weighted by Gasteiger charge is -2.06. The highest BCUT2D eigenvalue weighted by atomic mass is 79.9. The first kappa shape index (κ1) is 13.4. The van der Waals surface area contributed by atoms with Crippen LogP contribution in [0.2, 0.25) is 5.02 Å². The number of aromatic hydroxyl groups is 1. The Balaban J connectivity index is 1.90. The lowest BCUT2D eigenvalue weighted by atomic mass is 10.2. The molecule has 2 rings (SSSR count). The van der Waals surface area contributed by atoms with Crippen LogP contribution >= 0.6 is 27.5 Å². The Bertz CT molecular complexity index is 545. The van der Waals surface area contributed by atoms with Crippen LogP contribution in [0.3, 0.4) is 0 Å². The van der Waals surface area contributed by atoms with Crippen molar-refractivity contribution in [2.75, 3.05) is 0 Å². The van der Waals surface area contributed by atoms with Gasteiger partial charge in [-0.1, -0.05) is 45.7 Å². The molecule has 0 amide bonds. The number of phenolic OH excluding ortho intramolecular Hbond substituents is 1. The second-order valence-electron chi connectivity index (χ2n) is 4.02. The third-order valence-corrected chi connectivity index (χ3v) is 3.36. The Morgan fingerprint density at radius 2 is 1.78 bits per heavy atom. The maximum absolute atomic E-state index is 9.32. The van der Waals surface area contributed by atoms with Crippen molar-refractivity contribution >= 4 is 27.5 Å². The van der Waals surface area contributed by atoms with Gasteiger partial charge in [0.05, 0.1) is 5.02 Å². The van der Waals surface area contributed by atoms with E-state index in [1.54, 1.807) is 12.1 Å². The van der Waals surface area contributed by atoms with Crippen LogP contribution < -0.4 is 5.32 Å². The topological polar surface area (TPSA) is 32.3 Å². The SMILES string of the molecule is Oc1ccc(CNCc2cccc(Br)c2)cc1Cl. The van der Waals surface area contributed by atoms with Crippen LogP contribution in [0.15, 0.2) is 46.9 Å². The minimum absolute atomic E-state index is 0.118. The largest absolute Gasteiger partial charge is 0.506 e. The van der Waals surface area contributed by atoms with E-state index in [1.165, 1.54) is 5.56 Å². The number of phenols is 1. The van der Waals surface area contributed by atoms with Gasteiger partial charge >= 0.3 is 0 Å². The van der Waals surface area contributed by atoms with Gasteiger partial charge in [-0.2, -0.15) is 0 Å². The molecular weight excluding hydrogens is 314 g/mol. The molecule has 0 radical (unpaired) electrons. The highest BCUT2D eigenvalue weighted by Crippen LogP contribution is 2.23. The van der Waals surface area contributed by atoms with E-state index in [4.69, 9.17) is 11.6 Å². The molecular formula is C14H13BrClNO. The molecule has 0 aliphatic carbocycles. The zero-order chi connectivity index (χ0) is 13.0. The highest BCUT2D eigenvalue weighted by Gasteiger charge is 2.00. The van der Waals surface area contributed by atoms with Crippen molar-refractivity contribution in [3.8, 4) is 5.75 Å². The average Bonchev–Trinajstić information content (AvgIpc) is 2.34. The first-order chi connectivity index (χ1) is 8.65. The number of rotatable bonds is 4. The summed E-state index contributed by atoms with van der Waals surface area (Å²) in [6.45, 7) is 1.50. The molecule has 0 aromatic heterocycles. The van der Waals surface area contributed by atoms with Gasteiger partial charge in [-0.15, -0.1) is 0 Å². The molecule has 4 heteroatoms. The van der Waals surface area contributed by atoms with Crippen molar-refractivity contribution in [1.82, 2.24) is 5.32 Å². The lowest BCUT2D eigenvalue weighted by molar-refractivity contribution is 0.475. The van der Waals surface area contributed by atoms with E-state index < -0.39 is 0 Å². The molecule has 2 aromatic rings. The first-order valence-corrected chi connectivity index (χ1v) is 6.75. The van der Waals surface area contributed by atoms with Crippen LogP contribution in [0, 0.1) is 0 Å². The van der Waals surface area contributed by atoms with E-state index in [2.05, 4.69) is 33.4 Å². The smallest absolute Gasteiger partial charge is 0.134 e. The van der Waals surface area contributed by atoms with Gasteiger partial charge in [0, 0.05) is 17.6 Å². The highest BCUT2D eigenvalue weighted by molar-refractivity contribution is 9.10. The molecule has 0 atom stereocenters. The van der Waals surface area contributed by atoms with Crippen LogP contribution in [0.4, 0.5) is 0 Å². The minimum Gasteiger partial charge on any atom is -0.506 e. The van der Waals surface area contributed by atoms with E-state index in [9.17, 15) is 5.11 Å². The van der Waals surface area contributed by atoms with Gasteiger partial charge in [-0.3, -0.25) is 0 Å². The van der Waals surface area contributed by atoms with Crippen molar-refractivity contribution in [3.05, 3.63) is 63.1 Å². The van der Waals surface area contributed by atoms with Crippen LogP contribution in [0.1, 0.15) is 11.1 Å². The van der Waals surface area contributed by atoms with Crippen LogP contribution in [0.25, 0.3) is 0 Å². The fraction of sp³-hybridized carbons (Fsp3) is 0.143. The molecule has 94 valence electrons. The van der Waals surface area contributed by atoms with Crippen molar-refractivity contribution in [3.63, 3.8) is 0 Å². The molecule has 18 heavy (non-hydrogen) atoms. The molecule has 0 aliphatic rings. The van der Waals surface area contributed by atoms with Gasteiger partial charge in [0.15, 0.2) is 0 Å². The molecule has 0 saturated carbocycles. The summed E-state index contributed by atoms with van der Waals surface area (Å²) in [6.07, 6.45) is 0. The number of nitrogens with one attached hydrogen (secondary N) is 1. The summed E-state index contributed by atoms with van der Waals surface area (Å²) < 4.78 is 1.08. The van der Waals surface area contributed by atoms with Gasteiger partial charge in [-0.25, -0.2) is 0 Å². The minimum atomic E-state index is 0.118. The summed E-state index contributed by atoms with van der Waals surface area (Å²) in [4.78, 5) is 0. The van der Waals surface area contributed by atoms with Gasteiger partial charge in [0.1, 0.15) is 5.75 Å². The van der Waals surface area contributed by atoms with Gasteiger partial charge in [-0.05, 0) is 35.4 Å². The molecule has 0 bridgehead atoms. The Morgan fingerprint density at radius 3 is 2.44 bits per heavy atom. The van der Waals surface area contributed by atoms with Crippen molar-refractivity contribution < 1.29 is 5.11 Å². The number of benzene rings is 2. The molecule has 0 fully saturated rings. The monoisotopic (exact) mass is 325 g/mol. The van der Waals surface area contributed by atoms with Crippen molar-refractivity contribution in [1.29, 1.82) is 0 Å². The molecule has 2 nitrogen and oxygen atoms in total. The van der Waals surface area contributed by atoms with E-state index in [-0.39, 0.29) is 5.75 Å². The van der Waals surface area contributed by atoms with Crippen molar-refractivity contribution in [2.24, 2.45) is 0 Å². The lowest BCUT2D eigenvalue weighted by Crippen LogP contribution is -2.12. The maximum Gasteiger partial charge on any atom is 0.134 e. The van der Waals surface area contributed by atoms with Crippen molar-refractivity contribution in [2.45, 2.75) is 13.1 Å². The summed E-state index contributed by atoms with van der Waals surface area (Å²) in [5.74, 6) is 0.118. The second-order valence-corrected chi connectivity index (χ2v) is 5.34. The van der Waals surface area contributed by atoms with E-state index >= 15 is 0 Å². The summed E-state index contributed by atoms with van der Waals surface area (Å²) in [7, 11) is 0. The third-order valence-electron chi connectivity index (χ3n) is 2.56. The molecule has 0 saturated heterocycles. The first-order valence-electron chi connectivity index (χ1n) is 5.58. The Kier molecular flexibility index (Phi) is 4.64. The number of hydrogen-bond acceptors (Lipinski definition) is 2. The Morgan fingerprint density at radius 1 is 1.06 bits per heavy atom. The molecule has 0 spiro atoms. The predicted octanol–water partition coefficient (Wildman–Crippen LogP) is 4.10. The van der Waals surface area contributed by atoms with E-state index in [1.807, 2.05) is 18.2 Å². The third kappa shape index (κ3) is 3.73. The van der Waals surface area contributed by atoms with Crippen LogP contribution in [0.5, 0.6) is 5.75 Å². The second kappa shape index (κ2) is 6.23. The molecule has 0 unspecified atom stereocenters. The summed E-state index contributed by atoms with van der Waals surface area (Å²) in [6, 6.07) is 13.4. The Hall–Kier alpha value is -1.03. The predicted molar refractivity (Wildman–Crippen MR) is 77.8 cm³/mol. The fourth-order valence-electron chi connectivity index (χ4n) is 1.66. The fourth-order valence-corrected chi connectivity index (χ4v) is 2.31.